The van der Waals surface area contributed by atoms with Crippen LogP contribution in [-0.4, -0.2) is 66.4 Å². The van der Waals surface area contributed by atoms with Gasteiger partial charge in [0.25, 0.3) is 5.91 Å². The number of carbonyl (C=O) groups excluding carboxylic acids is 2. The number of fused-ring (bicyclic) bond motifs is 3. The second kappa shape index (κ2) is 10.9. The predicted octanol–water partition coefficient (Wildman–Crippen LogP) is 3.24. The van der Waals surface area contributed by atoms with Gasteiger partial charge < -0.3 is 25.5 Å². The molecule has 1 aliphatic rings. The van der Waals surface area contributed by atoms with Crippen molar-refractivity contribution in [3.8, 4) is 0 Å². The van der Waals surface area contributed by atoms with Crippen molar-refractivity contribution >= 4 is 34.5 Å². The van der Waals surface area contributed by atoms with Crippen LogP contribution in [0.1, 0.15) is 40.1 Å². The topological polar surface area (TPSA) is 107 Å². The second-order valence-corrected chi connectivity index (χ2v) is 8.54. The third kappa shape index (κ3) is 5.04. The van der Waals surface area contributed by atoms with Gasteiger partial charge in [0.15, 0.2) is 0 Å². The van der Waals surface area contributed by atoms with Crippen LogP contribution in [0, 0.1) is 0 Å². The van der Waals surface area contributed by atoms with Crippen LogP contribution in [0.25, 0.3) is 10.9 Å². The molecule has 0 saturated carbocycles. The van der Waals surface area contributed by atoms with Gasteiger partial charge in [-0.05, 0) is 54.8 Å². The summed E-state index contributed by atoms with van der Waals surface area (Å²) in [4.78, 5) is 30.8. The lowest BCUT2D eigenvalue weighted by atomic mass is 9.92. The molecule has 1 unspecified atom stereocenters. The van der Waals surface area contributed by atoms with Crippen LogP contribution in [0.4, 0.5) is 4.79 Å². The highest BCUT2D eigenvalue weighted by Gasteiger charge is 2.35. The van der Waals surface area contributed by atoms with Crippen LogP contribution >= 0.6 is 11.6 Å². The van der Waals surface area contributed by atoms with E-state index in [-0.39, 0.29) is 25.2 Å². The molecular weight excluding hydrogens is 456 g/mol. The number of aromatic nitrogens is 1. The van der Waals surface area contributed by atoms with Gasteiger partial charge in [0.1, 0.15) is 6.04 Å². The molecule has 180 valence electrons. The van der Waals surface area contributed by atoms with Gasteiger partial charge in [-0.15, -0.1) is 0 Å². The number of aliphatic hydroxyl groups excluding tert-OH is 1. The van der Waals surface area contributed by atoms with E-state index < -0.39 is 6.04 Å². The summed E-state index contributed by atoms with van der Waals surface area (Å²) in [5, 5.41) is 16.4. The zero-order valence-corrected chi connectivity index (χ0v) is 19.8. The van der Waals surface area contributed by atoms with Crippen LogP contribution in [0.5, 0.6) is 0 Å². The lowest BCUT2D eigenvalue weighted by Gasteiger charge is -2.35. The molecule has 0 aliphatic carbocycles. The number of hydrogen-bond donors (Lipinski definition) is 4. The first-order chi connectivity index (χ1) is 16.5. The lowest BCUT2D eigenvalue weighted by molar-refractivity contribution is 0.0932. The summed E-state index contributed by atoms with van der Waals surface area (Å²) in [7, 11) is 0. The zero-order valence-electron chi connectivity index (χ0n) is 19.1. The van der Waals surface area contributed by atoms with Crippen molar-refractivity contribution in [2.75, 3.05) is 39.4 Å². The SMILES string of the molecule is CCOC(=O)N1CCc2c([nH]c3ccc(Cl)cc23)C1c1cccc(C(=O)NCCNCCO)c1. The molecule has 0 spiro atoms. The van der Waals surface area contributed by atoms with E-state index in [4.69, 9.17) is 21.4 Å². The van der Waals surface area contributed by atoms with E-state index >= 15 is 0 Å². The lowest BCUT2D eigenvalue weighted by Crippen LogP contribution is -2.41. The fraction of sp³-hybridized carbons (Fsp3) is 0.360. The summed E-state index contributed by atoms with van der Waals surface area (Å²) < 4.78 is 5.35. The Labute approximate surface area is 203 Å². The van der Waals surface area contributed by atoms with Gasteiger partial charge in [-0.25, -0.2) is 4.79 Å². The van der Waals surface area contributed by atoms with E-state index in [0.717, 1.165) is 27.7 Å². The Kier molecular flexibility index (Phi) is 7.72. The monoisotopic (exact) mass is 484 g/mol. The van der Waals surface area contributed by atoms with Gasteiger partial charge in [-0.3, -0.25) is 9.69 Å². The summed E-state index contributed by atoms with van der Waals surface area (Å²) in [5.74, 6) is -0.199. The summed E-state index contributed by atoms with van der Waals surface area (Å²) in [5.41, 5.74) is 4.30. The van der Waals surface area contributed by atoms with E-state index in [2.05, 4.69) is 15.6 Å². The Morgan fingerprint density at radius 3 is 2.85 bits per heavy atom. The molecule has 34 heavy (non-hydrogen) atoms. The fourth-order valence-corrected chi connectivity index (χ4v) is 4.60. The number of benzene rings is 2. The zero-order chi connectivity index (χ0) is 24.1. The van der Waals surface area contributed by atoms with E-state index in [9.17, 15) is 9.59 Å². The van der Waals surface area contributed by atoms with Gasteiger partial charge in [-0.1, -0.05) is 23.7 Å². The van der Waals surface area contributed by atoms with Gasteiger partial charge in [0.2, 0.25) is 0 Å². The van der Waals surface area contributed by atoms with Crippen LogP contribution < -0.4 is 10.6 Å². The highest BCUT2D eigenvalue weighted by atomic mass is 35.5. The fourth-order valence-electron chi connectivity index (χ4n) is 4.43. The predicted molar refractivity (Wildman–Crippen MR) is 131 cm³/mol. The molecule has 1 aromatic heterocycles. The number of H-pyrrole nitrogens is 1. The first kappa shape index (κ1) is 24.1. The van der Waals surface area contributed by atoms with Gasteiger partial charge in [0, 0.05) is 53.4 Å². The average molecular weight is 485 g/mol. The van der Waals surface area contributed by atoms with Gasteiger partial charge >= 0.3 is 6.09 Å². The van der Waals surface area contributed by atoms with E-state index in [0.29, 0.717) is 43.2 Å². The molecule has 0 saturated heterocycles. The third-order valence-corrected chi connectivity index (χ3v) is 6.17. The standard InChI is InChI=1S/C25H29ClN4O4/c1-2-34-25(33)30-12-8-19-20-15-18(26)6-7-21(20)29-22(19)23(30)16-4-3-5-17(14-16)24(32)28-10-9-27-11-13-31/h3-7,14-15,23,27,29,31H,2,8-13H2,1H3,(H,28,32). The number of carbonyl (C=O) groups is 2. The van der Waals surface area contributed by atoms with Crippen LogP contribution in [0.15, 0.2) is 42.5 Å². The summed E-state index contributed by atoms with van der Waals surface area (Å²) >= 11 is 6.26. The Morgan fingerprint density at radius 2 is 2.06 bits per heavy atom. The van der Waals surface area contributed by atoms with Crippen molar-refractivity contribution in [1.29, 1.82) is 0 Å². The smallest absolute Gasteiger partial charge is 0.410 e. The summed E-state index contributed by atoms with van der Waals surface area (Å²) in [6.07, 6.45) is 0.283. The number of aliphatic hydroxyl groups is 1. The molecule has 2 amide bonds. The molecule has 4 N–H and O–H groups in total. The highest BCUT2D eigenvalue weighted by molar-refractivity contribution is 6.31. The van der Waals surface area contributed by atoms with E-state index in [1.807, 2.05) is 36.4 Å². The number of nitrogens with zero attached hydrogens (tertiary/aromatic N) is 1. The van der Waals surface area contributed by atoms with Crippen molar-refractivity contribution < 1.29 is 19.4 Å². The third-order valence-electron chi connectivity index (χ3n) is 5.93. The van der Waals surface area contributed by atoms with Crippen LogP contribution in [-0.2, 0) is 11.2 Å². The van der Waals surface area contributed by atoms with Crippen LogP contribution in [0.3, 0.4) is 0 Å². The molecule has 0 fully saturated rings. The van der Waals surface area contributed by atoms with Crippen molar-refractivity contribution in [2.45, 2.75) is 19.4 Å². The maximum atomic E-state index is 12.9. The number of hydrogen-bond acceptors (Lipinski definition) is 5. The minimum absolute atomic E-state index is 0.0519. The van der Waals surface area contributed by atoms with Crippen molar-refractivity contribution in [2.24, 2.45) is 0 Å². The Hall–Kier alpha value is -3.07. The Balaban J connectivity index is 1.67. The Bertz CT molecular complexity index is 1180. The number of amides is 2. The number of aromatic amines is 1. The molecule has 0 radical (unpaired) electrons. The average Bonchev–Trinajstić information content (AvgIpc) is 3.21. The molecular formula is C25H29ClN4O4. The number of halogens is 1. The first-order valence-corrected chi connectivity index (χ1v) is 11.8. The van der Waals surface area contributed by atoms with Crippen molar-refractivity contribution in [3.63, 3.8) is 0 Å². The maximum Gasteiger partial charge on any atom is 0.410 e. The van der Waals surface area contributed by atoms with Gasteiger partial charge in [-0.2, -0.15) is 0 Å². The molecule has 2 aromatic carbocycles. The molecule has 2 heterocycles. The molecule has 8 nitrogen and oxygen atoms in total. The van der Waals surface area contributed by atoms with Crippen LogP contribution in [0.2, 0.25) is 5.02 Å². The normalized spacial score (nSPS) is 15.3. The van der Waals surface area contributed by atoms with Gasteiger partial charge in [0.05, 0.1) is 13.2 Å². The van der Waals surface area contributed by atoms with Crippen molar-refractivity contribution in [1.82, 2.24) is 20.5 Å². The molecule has 0 bridgehead atoms. The van der Waals surface area contributed by atoms with E-state index in [1.54, 1.807) is 17.9 Å². The summed E-state index contributed by atoms with van der Waals surface area (Å²) in [6.45, 7) is 4.09. The maximum absolute atomic E-state index is 12.9. The largest absolute Gasteiger partial charge is 0.450 e. The summed E-state index contributed by atoms with van der Waals surface area (Å²) in [6, 6.07) is 12.6. The number of ether oxygens (including phenoxy) is 1. The molecule has 3 aromatic rings. The van der Waals surface area contributed by atoms with Crippen molar-refractivity contribution in [3.05, 3.63) is 69.9 Å². The molecule has 1 atom stereocenters. The highest BCUT2D eigenvalue weighted by Crippen LogP contribution is 2.39. The molecule has 1 aliphatic heterocycles. The minimum Gasteiger partial charge on any atom is -0.450 e. The number of rotatable bonds is 8. The second-order valence-electron chi connectivity index (χ2n) is 8.11. The van der Waals surface area contributed by atoms with E-state index in [1.165, 1.54) is 0 Å². The molecule has 9 heteroatoms. The first-order valence-electron chi connectivity index (χ1n) is 11.5. The quantitative estimate of drug-likeness (QED) is 0.367. The Morgan fingerprint density at radius 1 is 1.21 bits per heavy atom. The number of nitrogens with one attached hydrogen (secondary N) is 3. The minimum atomic E-state index is -0.423. The molecule has 4 rings (SSSR count).